The van der Waals surface area contributed by atoms with Crippen molar-refractivity contribution in [2.24, 2.45) is 5.92 Å². The van der Waals surface area contributed by atoms with Crippen LogP contribution in [0.1, 0.15) is 19.3 Å². The van der Waals surface area contributed by atoms with Gasteiger partial charge in [0.25, 0.3) is 0 Å². The number of ether oxygens (including phenoxy) is 1. The lowest BCUT2D eigenvalue weighted by Gasteiger charge is -2.21. The summed E-state index contributed by atoms with van der Waals surface area (Å²) in [6.45, 7) is 3.63. The van der Waals surface area contributed by atoms with Gasteiger partial charge in [0.05, 0.1) is 0 Å². The molecule has 0 radical (unpaired) electrons. The molecule has 0 aromatic rings. The average Bonchev–Trinajstić information content (AvgIpc) is 2.31. The molecule has 0 bridgehead atoms. The lowest BCUT2D eigenvalue weighted by atomic mass is 9.83. The van der Waals surface area contributed by atoms with E-state index in [0.29, 0.717) is 24.8 Å². The van der Waals surface area contributed by atoms with Crippen molar-refractivity contribution in [3.05, 3.63) is 12.2 Å². The summed E-state index contributed by atoms with van der Waals surface area (Å²) in [6.07, 6.45) is 1.59. The van der Waals surface area contributed by atoms with Crippen molar-refractivity contribution in [1.29, 1.82) is 0 Å². The van der Waals surface area contributed by atoms with E-state index in [9.17, 15) is 9.59 Å². The third kappa shape index (κ3) is 0.967. The summed E-state index contributed by atoms with van der Waals surface area (Å²) in [5.41, 5.74) is 0.480. The van der Waals surface area contributed by atoms with Gasteiger partial charge in [0.1, 0.15) is 11.9 Å². The van der Waals surface area contributed by atoms with E-state index in [1.807, 2.05) is 0 Å². The first-order valence-electron chi connectivity index (χ1n) is 4.10. The second-order valence-corrected chi connectivity index (χ2v) is 3.36. The fraction of sp³-hybridized carbons (Fsp3) is 0.556. The lowest BCUT2D eigenvalue weighted by Crippen LogP contribution is -2.26. The van der Waals surface area contributed by atoms with E-state index in [4.69, 9.17) is 4.74 Å². The highest BCUT2D eigenvalue weighted by atomic mass is 16.6. The molecule has 3 heteroatoms. The van der Waals surface area contributed by atoms with Crippen molar-refractivity contribution in [3.63, 3.8) is 0 Å². The summed E-state index contributed by atoms with van der Waals surface area (Å²) >= 11 is 0. The molecule has 2 rings (SSSR count). The average molecular weight is 166 g/mol. The van der Waals surface area contributed by atoms with Gasteiger partial charge >= 0.3 is 5.97 Å². The molecule has 2 aliphatic rings. The first-order valence-corrected chi connectivity index (χ1v) is 4.10. The Morgan fingerprint density at radius 1 is 1.42 bits per heavy atom. The van der Waals surface area contributed by atoms with Gasteiger partial charge in [-0.2, -0.15) is 0 Å². The van der Waals surface area contributed by atoms with E-state index in [1.165, 1.54) is 0 Å². The van der Waals surface area contributed by atoms with Gasteiger partial charge < -0.3 is 4.74 Å². The molecule has 64 valence electrons. The van der Waals surface area contributed by atoms with E-state index < -0.39 is 0 Å². The topological polar surface area (TPSA) is 43.4 Å². The fourth-order valence-electron chi connectivity index (χ4n) is 1.84. The molecule has 0 unspecified atom stereocenters. The summed E-state index contributed by atoms with van der Waals surface area (Å²) in [7, 11) is 0. The fourth-order valence-corrected chi connectivity index (χ4v) is 1.84. The Bertz CT molecular complexity index is 267. The Balaban J connectivity index is 2.21. The van der Waals surface area contributed by atoms with E-state index in [-0.39, 0.29) is 23.8 Å². The monoisotopic (exact) mass is 166 g/mol. The lowest BCUT2D eigenvalue weighted by molar-refractivity contribution is -0.141. The zero-order valence-corrected chi connectivity index (χ0v) is 6.71. The largest absolute Gasteiger partial charge is 0.458 e. The van der Waals surface area contributed by atoms with Gasteiger partial charge in [0.15, 0.2) is 0 Å². The van der Waals surface area contributed by atoms with Gasteiger partial charge in [-0.25, -0.2) is 4.79 Å². The van der Waals surface area contributed by atoms with Gasteiger partial charge in [-0.1, -0.05) is 6.58 Å². The third-order valence-electron chi connectivity index (χ3n) is 2.57. The molecule has 3 nitrogen and oxygen atoms in total. The molecule has 1 heterocycles. The number of rotatable bonds is 0. The Morgan fingerprint density at radius 3 is 2.92 bits per heavy atom. The van der Waals surface area contributed by atoms with Crippen molar-refractivity contribution >= 4 is 11.8 Å². The highest BCUT2D eigenvalue weighted by Gasteiger charge is 2.42. The summed E-state index contributed by atoms with van der Waals surface area (Å²) in [5, 5.41) is 0. The van der Waals surface area contributed by atoms with Crippen molar-refractivity contribution in [2.75, 3.05) is 0 Å². The van der Waals surface area contributed by atoms with Crippen molar-refractivity contribution in [1.82, 2.24) is 0 Å². The Hall–Kier alpha value is -1.12. The molecule has 1 aliphatic carbocycles. The van der Waals surface area contributed by atoms with Gasteiger partial charge in [0, 0.05) is 24.3 Å². The summed E-state index contributed by atoms with van der Waals surface area (Å²) in [4.78, 5) is 22.1. The predicted octanol–water partition coefficient (Wildman–Crippen LogP) is 0.837. The normalized spacial score (nSPS) is 34.8. The molecule has 0 aromatic heterocycles. The molecule has 2 atom stereocenters. The van der Waals surface area contributed by atoms with Gasteiger partial charge in [-0.3, -0.25) is 4.79 Å². The summed E-state index contributed by atoms with van der Waals surface area (Å²) in [6, 6.07) is 0. The second-order valence-electron chi connectivity index (χ2n) is 3.36. The third-order valence-corrected chi connectivity index (χ3v) is 2.57. The van der Waals surface area contributed by atoms with Crippen LogP contribution < -0.4 is 0 Å². The van der Waals surface area contributed by atoms with Crippen LogP contribution in [-0.2, 0) is 14.3 Å². The molecule has 1 saturated carbocycles. The van der Waals surface area contributed by atoms with Gasteiger partial charge in [0.2, 0.25) is 0 Å². The van der Waals surface area contributed by atoms with E-state index in [2.05, 4.69) is 6.58 Å². The number of hydrogen-bond acceptors (Lipinski definition) is 3. The van der Waals surface area contributed by atoms with Crippen LogP contribution in [0.3, 0.4) is 0 Å². The second kappa shape index (κ2) is 2.44. The molecule has 1 aliphatic heterocycles. The van der Waals surface area contributed by atoms with Crippen LogP contribution in [0, 0.1) is 5.92 Å². The van der Waals surface area contributed by atoms with Crippen molar-refractivity contribution < 1.29 is 14.3 Å². The number of Topliss-reactive ketones (excluding diaryl/α,β-unsaturated/α-hetero) is 1. The first-order chi connectivity index (χ1) is 5.68. The zero-order valence-electron chi connectivity index (χ0n) is 6.71. The van der Waals surface area contributed by atoms with Crippen LogP contribution >= 0.6 is 0 Å². The number of fused-ring (bicyclic) bond motifs is 1. The standard InChI is InChI=1S/C9H10O3/c1-5-7-4-6(10)2-3-8(7)12-9(5)11/h7-8H,1-4H2/t7-,8-/m1/s1. The van der Waals surface area contributed by atoms with Crippen LogP contribution in [-0.4, -0.2) is 17.9 Å². The zero-order chi connectivity index (χ0) is 8.72. The minimum atomic E-state index is -0.320. The van der Waals surface area contributed by atoms with Crippen molar-refractivity contribution in [2.45, 2.75) is 25.4 Å². The molecule has 0 amide bonds. The summed E-state index contributed by atoms with van der Waals surface area (Å²) < 4.78 is 5.04. The predicted molar refractivity (Wildman–Crippen MR) is 41.4 cm³/mol. The molecule has 12 heavy (non-hydrogen) atoms. The van der Waals surface area contributed by atoms with E-state index in [0.717, 1.165) is 0 Å². The highest BCUT2D eigenvalue weighted by molar-refractivity contribution is 5.93. The Kier molecular flexibility index (Phi) is 1.53. The van der Waals surface area contributed by atoms with E-state index in [1.54, 1.807) is 0 Å². The molecule has 1 saturated heterocycles. The number of ketones is 1. The number of carbonyl (C=O) groups excluding carboxylic acids is 2. The minimum Gasteiger partial charge on any atom is -0.458 e. The maximum atomic E-state index is 11.0. The molecule has 2 fully saturated rings. The van der Waals surface area contributed by atoms with Crippen LogP contribution in [0.15, 0.2) is 12.2 Å². The number of esters is 1. The maximum absolute atomic E-state index is 11.0. The van der Waals surface area contributed by atoms with Crippen LogP contribution in [0.2, 0.25) is 0 Å². The molecule has 0 aromatic carbocycles. The highest BCUT2D eigenvalue weighted by Crippen LogP contribution is 2.35. The van der Waals surface area contributed by atoms with Gasteiger partial charge in [-0.05, 0) is 6.42 Å². The smallest absolute Gasteiger partial charge is 0.334 e. The molecule has 0 spiro atoms. The Labute approximate surface area is 70.4 Å². The Morgan fingerprint density at radius 2 is 2.17 bits per heavy atom. The van der Waals surface area contributed by atoms with Crippen LogP contribution in [0.4, 0.5) is 0 Å². The quantitative estimate of drug-likeness (QED) is 0.395. The molecular formula is C9H10O3. The molecule has 0 N–H and O–H groups in total. The summed E-state index contributed by atoms with van der Waals surface area (Å²) in [5.74, 6) is -0.130. The van der Waals surface area contributed by atoms with Crippen molar-refractivity contribution in [3.8, 4) is 0 Å². The van der Waals surface area contributed by atoms with Gasteiger partial charge in [-0.15, -0.1) is 0 Å². The minimum absolute atomic E-state index is 0.0289. The first kappa shape index (κ1) is 7.53. The van der Waals surface area contributed by atoms with Crippen LogP contribution in [0.25, 0.3) is 0 Å². The maximum Gasteiger partial charge on any atom is 0.334 e. The molecular weight excluding hydrogens is 156 g/mol. The van der Waals surface area contributed by atoms with E-state index >= 15 is 0 Å². The number of hydrogen-bond donors (Lipinski definition) is 0. The number of carbonyl (C=O) groups is 2. The van der Waals surface area contributed by atoms with Crippen LogP contribution in [0.5, 0.6) is 0 Å². The SMILES string of the molecule is C=C1C(=O)O[C@@H]2CCC(=O)C[C@H]12.